The van der Waals surface area contributed by atoms with Crippen LogP contribution in [0.1, 0.15) is 33.6 Å². The molecule has 1 saturated heterocycles. The molecule has 1 aliphatic heterocycles. The number of non-ortho nitro benzene ring substituents is 1. The van der Waals surface area contributed by atoms with E-state index in [9.17, 15) is 24.5 Å². The molecule has 1 atom stereocenters. The van der Waals surface area contributed by atoms with E-state index in [4.69, 9.17) is 5.73 Å². The van der Waals surface area contributed by atoms with Crippen LogP contribution in [0.15, 0.2) is 18.2 Å². The SMILES string of the molecule is COC(=O)c1cc(C(=O)N2CCCC(C(N)=O)C2)cc([N+](=O)[O-])c1. The van der Waals surface area contributed by atoms with Crippen molar-refractivity contribution in [3.63, 3.8) is 0 Å². The molecule has 128 valence electrons. The van der Waals surface area contributed by atoms with Crippen LogP contribution in [0.3, 0.4) is 0 Å². The molecule has 2 amide bonds. The standard InChI is InChI=1S/C15H17N3O6/c1-24-15(21)11-5-10(6-12(7-11)18(22)23)14(20)17-4-2-3-9(8-17)13(16)19/h5-7,9H,2-4,8H2,1H3,(H2,16,19). The summed E-state index contributed by atoms with van der Waals surface area (Å²) in [5, 5.41) is 11.0. The number of ether oxygens (including phenoxy) is 1. The number of hydrogen-bond acceptors (Lipinski definition) is 6. The predicted molar refractivity (Wildman–Crippen MR) is 82.3 cm³/mol. The fourth-order valence-electron chi connectivity index (χ4n) is 2.65. The first kappa shape index (κ1) is 17.4. The lowest BCUT2D eigenvalue weighted by atomic mass is 9.96. The van der Waals surface area contributed by atoms with Crippen LogP contribution in [0, 0.1) is 16.0 Å². The number of methoxy groups -OCH3 is 1. The van der Waals surface area contributed by atoms with Crippen molar-refractivity contribution in [2.75, 3.05) is 20.2 Å². The molecule has 1 unspecified atom stereocenters. The van der Waals surface area contributed by atoms with Gasteiger partial charge in [-0.2, -0.15) is 0 Å². The monoisotopic (exact) mass is 335 g/mol. The second-order valence-electron chi connectivity index (χ2n) is 5.51. The molecule has 9 nitrogen and oxygen atoms in total. The van der Waals surface area contributed by atoms with E-state index in [-0.39, 0.29) is 23.4 Å². The van der Waals surface area contributed by atoms with Crippen LogP contribution in [-0.2, 0) is 9.53 Å². The van der Waals surface area contributed by atoms with Crippen molar-refractivity contribution in [1.82, 2.24) is 4.90 Å². The highest BCUT2D eigenvalue weighted by molar-refractivity contribution is 5.99. The van der Waals surface area contributed by atoms with Gasteiger partial charge in [-0.15, -0.1) is 0 Å². The maximum Gasteiger partial charge on any atom is 0.338 e. The Morgan fingerprint density at radius 1 is 1.29 bits per heavy atom. The fourth-order valence-corrected chi connectivity index (χ4v) is 2.65. The highest BCUT2D eigenvalue weighted by Gasteiger charge is 2.29. The second-order valence-corrected chi connectivity index (χ2v) is 5.51. The number of piperidine rings is 1. The number of nitrogens with two attached hydrogens (primary N) is 1. The van der Waals surface area contributed by atoms with E-state index in [0.717, 1.165) is 19.2 Å². The number of benzene rings is 1. The molecule has 1 aliphatic rings. The number of esters is 1. The molecule has 2 rings (SSSR count). The topological polar surface area (TPSA) is 133 Å². The molecule has 9 heteroatoms. The van der Waals surface area contributed by atoms with E-state index in [1.54, 1.807) is 0 Å². The first-order valence-corrected chi connectivity index (χ1v) is 7.30. The Bertz CT molecular complexity index is 702. The Balaban J connectivity index is 2.34. The van der Waals surface area contributed by atoms with Gasteiger partial charge in [0.2, 0.25) is 5.91 Å². The summed E-state index contributed by atoms with van der Waals surface area (Å²) in [6, 6.07) is 3.39. The van der Waals surface area contributed by atoms with Gasteiger partial charge in [0, 0.05) is 30.8 Å². The molecule has 2 N–H and O–H groups in total. The predicted octanol–water partition coefficient (Wildman–Crippen LogP) is 0.719. The van der Waals surface area contributed by atoms with Crippen molar-refractivity contribution < 1.29 is 24.0 Å². The number of hydrogen-bond donors (Lipinski definition) is 1. The van der Waals surface area contributed by atoms with E-state index in [0.29, 0.717) is 19.4 Å². The van der Waals surface area contributed by atoms with Crippen molar-refractivity contribution in [1.29, 1.82) is 0 Å². The lowest BCUT2D eigenvalue weighted by Gasteiger charge is -2.31. The summed E-state index contributed by atoms with van der Waals surface area (Å²) in [5.41, 5.74) is 4.81. The fraction of sp³-hybridized carbons (Fsp3) is 0.400. The Morgan fingerprint density at radius 2 is 1.96 bits per heavy atom. The first-order chi connectivity index (χ1) is 11.3. The minimum atomic E-state index is -0.776. The minimum absolute atomic E-state index is 0.00489. The summed E-state index contributed by atoms with van der Waals surface area (Å²) in [7, 11) is 1.14. The van der Waals surface area contributed by atoms with E-state index in [2.05, 4.69) is 4.74 Å². The Kier molecular flexibility index (Phi) is 5.12. The number of nitro groups is 1. The summed E-state index contributed by atoms with van der Waals surface area (Å²) < 4.78 is 4.55. The molecule has 0 aliphatic carbocycles. The molecule has 0 saturated carbocycles. The molecular weight excluding hydrogens is 318 g/mol. The third kappa shape index (κ3) is 3.67. The number of rotatable bonds is 4. The lowest BCUT2D eigenvalue weighted by molar-refractivity contribution is -0.384. The molecule has 0 spiro atoms. The Hall–Kier alpha value is -2.97. The van der Waals surface area contributed by atoms with Crippen LogP contribution in [0.5, 0.6) is 0 Å². The van der Waals surface area contributed by atoms with Crippen molar-refractivity contribution in [3.8, 4) is 0 Å². The van der Waals surface area contributed by atoms with Crippen LogP contribution in [0.2, 0.25) is 0 Å². The van der Waals surface area contributed by atoms with E-state index >= 15 is 0 Å². The van der Waals surface area contributed by atoms with Gasteiger partial charge in [0.1, 0.15) is 0 Å². The Morgan fingerprint density at radius 3 is 2.54 bits per heavy atom. The smallest absolute Gasteiger partial charge is 0.338 e. The van der Waals surface area contributed by atoms with Gasteiger partial charge in [-0.05, 0) is 18.9 Å². The summed E-state index contributed by atoms with van der Waals surface area (Å²) in [6.45, 7) is 0.573. The van der Waals surface area contributed by atoms with E-state index in [1.807, 2.05) is 0 Å². The van der Waals surface area contributed by atoms with Gasteiger partial charge in [-0.25, -0.2) is 4.79 Å². The van der Waals surface area contributed by atoms with Gasteiger partial charge >= 0.3 is 5.97 Å². The lowest BCUT2D eigenvalue weighted by Crippen LogP contribution is -2.44. The number of nitro benzene ring substituents is 1. The van der Waals surface area contributed by atoms with E-state index in [1.165, 1.54) is 11.0 Å². The average Bonchev–Trinajstić information content (AvgIpc) is 2.59. The number of amides is 2. The van der Waals surface area contributed by atoms with Crippen LogP contribution in [-0.4, -0.2) is 47.8 Å². The quantitative estimate of drug-likeness (QED) is 0.489. The molecule has 1 aromatic rings. The second kappa shape index (κ2) is 7.07. The summed E-state index contributed by atoms with van der Waals surface area (Å²) >= 11 is 0. The number of likely N-dealkylation sites (tertiary alicyclic amines) is 1. The molecule has 1 fully saturated rings. The third-order valence-corrected chi connectivity index (χ3v) is 3.91. The number of nitrogens with zero attached hydrogens (tertiary/aromatic N) is 2. The largest absolute Gasteiger partial charge is 0.465 e. The molecule has 1 heterocycles. The van der Waals surface area contributed by atoms with Gasteiger partial charge < -0.3 is 15.4 Å². The van der Waals surface area contributed by atoms with Crippen molar-refractivity contribution in [3.05, 3.63) is 39.4 Å². The molecular formula is C15H17N3O6. The minimum Gasteiger partial charge on any atom is -0.465 e. The van der Waals surface area contributed by atoms with Gasteiger partial charge in [0.25, 0.3) is 11.6 Å². The van der Waals surface area contributed by atoms with E-state index < -0.39 is 28.6 Å². The highest BCUT2D eigenvalue weighted by Crippen LogP contribution is 2.22. The zero-order valence-corrected chi connectivity index (χ0v) is 13.1. The normalized spacial score (nSPS) is 17.2. The Labute approximate surface area is 137 Å². The zero-order valence-electron chi connectivity index (χ0n) is 13.1. The highest BCUT2D eigenvalue weighted by atomic mass is 16.6. The van der Waals surface area contributed by atoms with Gasteiger partial charge in [0.05, 0.1) is 23.5 Å². The van der Waals surface area contributed by atoms with Crippen LogP contribution < -0.4 is 5.73 Å². The molecule has 1 aromatic carbocycles. The maximum atomic E-state index is 12.6. The number of primary amides is 1. The van der Waals surface area contributed by atoms with Crippen LogP contribution in [0.25, 0.3) is 0 Å². The molecule has 0 bridgehead atoms. The average molecular weight is 335 g/mol. The van der Waals surface area contributed by atoms with Gasteiger partial charge in [0.15, 0.2) is 0 Å². The third-order valence-electron chi connectivity index (χ3n) is 3.91. The zero-order chi connectivity index (χ0) is 17.9. The van der Waals surface area contributed by atoms with Crippen molar-refractivity contribution in [2.45, 2.75) is 12.8 Å². The first-order valence-electron chi connectivity index (χ1n) is 7.30. The summed E-state index contributed by atoms with van der Waals surface area (Å²) in [5.74, 6) is -2.19. The van der Waals surface area contributed by atoms with Crippen molar-refractivity contribution in [2.24, 2.45) is 11.7 Å². The summed E-state index contributed by atoms with van der Waals surface area (Å²) in [4.78, 5) is 47.3. The van der Waals surface area contributed by atoms with Gasteiger partial charge in [-0.1, -0.05) is 0 Å². The van der Waals surface area contributed by atoms with Crippen molar-refractivity contribution >= 4 is 23.5 Å². The number of carbonyl (C=O) groups excluding carboxylic acids is 3. The molecule has 0 aromatic heterocycles. The van der Waals surface area contributed by atoms with Crippen LogP contribution in [0.4, 0.5) is 5.69 Å². The molecule has 0 radical (unpaired) electrons. The molecule has 24 heavy (non-hydrogen) atoms. The number of carbonyl (C=O) groups is 3. The summed E-state index contributed by atoms with van der Waals surface area (Å²) in [6.07, 6.45) is 1.21. The maximum absolute atomic E-state index is 12.6. The van der Waals surface area contributed by atoms with Gasteiger partial charge in [-0.3, -0.25) is 19.7 Å². The van der Waals surface area contributed by atoms with Crippen LogP contribution >= 0.6 is 0 Å².